The number of Topliss-reactive ketones (excluding diaryl/α,β-unsaturated/α-hetero) is 1. The molecule has 25 heavy (non-hydrogen) atoms. The molecule has 2 aromatic rings. The van der Waals surface area contributed by atoms with E-state index in [0.717, 1.165) is 11.3 Å². The lowest BCUT2D eigenvalue weighted by Gasteiger charge is -2.04. The van der Waals surface area contributed by atoms with Crippen molar-refractivity contribution in [3.05, 3.63) is 46.0 Å². The van der Waals surface area contributed by atoms with Gasteiger partial charge in [0.15, 0.2) is 10.9 Å². The highest BCUT2D eigenvalue weighted by Gasteiger charge is 2.15. The summed E-state index contributed by atoms with van der Waals surface area (Å²) in [5.41, 5.74) is 1.23. The summed E-state index contributed by atoms with van der Waals surface area (Å²) in [5, 5.41) is 11.8. The molecule has 1 amide bonds. The van der Waals surface area contributed by atoms with Gasteiger partial charge in [0.1, 0.15) is 5.75 Å². The van der Waals surface area contributed by atoms with Crippen LogP contribution in [0.3, 0.4) is 0 Å². The summed E-state index contributed by atoms with van der Waals surface area (Å²) in [6, 6.07) is 6.10. The maximum atomic E-state index is 12.1. The van der Waals surface area contributed by atoms with Gasteiger partial charge in [-0.05, 0) is 24.6 Å². The number of carbonyl (C=O) groups excluding carboxylic acids is 2. The number of hydrogen-bond donors (Lipinski definition) is 2. The lowest BCUT2D eigenvalue weighted by molar-refractivity contribution is -0.113. The van der Waals surface area contributed by atoms with Gasteiger partial charge >= 0.3 is 5.97 Å². The van der Waals surface area contributed by atoms with Gasteiger partial charge < -0.3 is 10.4 Å². The van der Waals surface area contributed by atoms with Crippen molar-refractivity contribution in [1.82, 2.24) is 4.98 Å². The Bertz CT molecular complexity index is 860. The molecule has 9 heteroatoms. The number of aromatic nitrogens is 1. The number of amides is 1. The minimum absolute atomic E-state index is 0.0735. The number of benzene rings is 1. The van der Waals surface area contributed by atoms with Crippen LogP contribution >= 0.6 is 11.3 Å². The smallest absolute Gasteiger partial charge is 0.335 e. The molecule has 1 aromatic heterocycles. The van der Waals surface area contributed by atoms with Crippen LogP contribution in [0.2, 0.25) is 0 Å². The zero-order chi connectivity index (χ0) is 18.6. The first-order valence-corrected chi connectivity index (χ1v) is 9.52. The van der Waals surface area contributed by atoms with Gasteiger partial charge in [-0.15, -0.1) is 0 Å². The first kappa shape index (κ1) is 18.9. The summed E-state index contributed by atoms with van der Waals surface area (Å²) in [5.74, 6) is -1.84. The van der Waals surface area contributed by atoms with E-state index in [1.54, 1.807) is 19.1 Å². The monoisotopic (exact) mass is 380 g/mol. The first-order valence-electron chi connectivity index (χ1n) is 7.21. The Balaban J connectivity index is 1.95. The molecule has 0 aliphatic rings. The maximum Gasteiger partial charge on any atom is 0.335 e. The summed E-state index contributed by atoms with van der Waals surface area (Å²) in [4.78, 5) is 38.8. The average Bonchev–Trinajstić information content (AvgIpc) is 2.87. The number of hydrogen-bond acceptors (Lipinski definition) is 6. The van der Waals surface area contributed by atoms with Crippen molar-refractivity contribution in [1.29, 1.82) is 0 Å². The van der Waals surface area contributed by atoms with Crippen LogP contribution in [-0.2, 0) is 21.3 Å². The number of ketones is 1. The van der Waals surface area contributed by atoms with Gasteiger partial charge in [-0.25, -0.2) is 9.78 Å². The summed E-state index contributed by atoms with van der Waals surface area (Å²) >= 11 is 1.08. The molecule has 1 aromatic carbocycles. The van der Waals surface area contributed by atoms with E-state index < -0.39 is 22.7 Å². The molecule has 132 valence electrons. The molecule has 2 rings (SSSR count). The molecule has 1 atom stereocenters. The van der Waals surface area contributed by atoms with Gasteiger partial charge in [0.05, 0.1) is 16.1 Å². The number of carbonyl (C=O) groups is 3. The topological polar surface area (TPSA) is 113 Å². The van der Waals surface area contributed by atoms with Crippen LogP contribution in [0.1, 0.15) is 38.2 Å². The van der Waals surface area contributed by atoms with Crippen molar-refractivity contribution in [2.45, 2.75) is 19.6 Å². The van der Waals surface area contributed by atoms with Gasteiger partial charge in [0.25, 0.3) is 0 Å². The summed E-state index contributed by atoms with van der Waals surface area (Å²) < 4.78 is 12.1. The molecule has 2 N–H and O–H groups in total. The molecule has 7 nitrogen and oxygen atoms in total. The number of nitrogens with one attached hydrogen (secondary N) is 1. The normalized spacial score (nSPS) is 11.8. The SMILES string of the molecule is CC(=O)c1sc(NC(=O)CS(=O)Cc2cccc(C(=O)O)c2)nc1C. The Morgan fingerprint density at radius 2 is 2.04 bits per heavy atom. The molecule has 0 radical (unpaired) electrons. The Morgan fingerprint density at radius 3 is 2.64 bits per heavy atom. The van der Waals surface area contributed by atoms with E-state index in [-0.39, 0.29) is 28.0 Å². The molecule has 0 saturated carbocycles. The number of thiazole rings is 1. The van der Waals surface area contributed by atoms with E-state index in [1.807, 2.05) is 0 Å². The number of aryl methyl sites for hydroxylation is 1. The molecule has 0 saturated heterocycles. The zero-order valence-corrected chi connectivity index (χ0v) is 15.2. The predicted octanol–water partition coefficient (Wildman–Crippen LogP) is 2.24. The minimum Gasteiger partial charge on any atom is -0.478 e. The molecular formula is C16H16N2O5S2. The van der Waals surface area contributed by atoms with E-state index in [4.69, 9.17) is 5.11 Å². The molecular weight excluding hydrogens is 364 g/mol. The van der Waals surface area contributed by atoms with Gasteiger partial charge in [0, 0.05) is 23.5 Å². The number of carboxylic acids is 1. The Labute approximate surface area is 150 Å². The van der Waals surface area contributed by atoms with Crippen molar-refractivity contribution in [2.75, 3.05) is 11.1 Å². The molecule has 1 heterocycles. The quantitative estimate of drug-likeness (QED) is 0.712. The van der Waals surface area contributed by atoms with Gasteiger partial charge in [-0.3, -0.25) is 13.8 Å². The van der Waals surface area contributed by atoms with Crippen molar-refractivity contribution in [3.8, 4) is 0 Å². The third kappa shape index (κ3) is 5.30. The van der Waals surface area contributed by atoms with Crippen LogP contribution in [0.25, 0.3) is 0 Å². The van der Waals surface area contributed by atoms with E-state index in [9.17, 15) is 18.6 Å². The third-order valence-corrected chi connectivity index (χ3v) is 5.57. The second kappa shape index (κ2) is 8.13. The van der Waals surface area contributed by atoms with Crippen molar-refractivity contribution in [3.63, 3.8) is 0 Å². The zero-order valence-electron chi connectivity index (χ0n) is 13.6. The maximum absolute atomic E-state index is 12.1. The van der Waals surface area contributed by atoms with Gasteiger partial charge in [0.2, 0.25) is 5.91 Å². The number of anilines is 1. The number of nitrogens with zero attached hydrogens (tertiary/aromatic N) is 1. The van der Waals surface area contributed by atoms with E-state index >= 15 is 0 Å². The highest BCUT2D eigenvalue weighted by molar-refractivity contribution is 7.85. The summed E-state index contributed by atoms with van der Waals surface area (Å²) in [7, 11) is -1.50. The van der Waals surface area contributed by atoms with E-state index in [0.29, 0.717) is 16.1 Å². The van der Waals surface area contributed by atoms with Crippen LogP contribution in [-0.4, -0.2) is 37.7 Å². The van der Waals surface area contributed by atoms with Crippen LogP contribution in [0.15, 0.2) is 24.3 Å². The standard InChI is InChI=1S/C16H16N2O5S2/c1-9-14(10(2)19)24-16(17-9)18-13(20)8-25(23)7-11-4-3-5-12(6-11)15(21)22/h3-6H,7-8H2,1-2H3,(H,21,22)(H,17,18,20). The highest BCUT2D eigenvalue weighted by Crippen LogP contribution is 2.22. The predicted molar refractivity (Wildman–Crippen MR) is 95.6 cm³/mol. The lowest BCUT2D eigenvalue weighted by Crippen LogP contribution is -2.20. The number of carboxylic acid groups (broad SMARTS) is 1. The number of rotatable bonds is 7. The van der Waals surface area contributed by atoms with Crippen LogP contribution in [0.5, 0.6) is 0 Å². The van der Waals surface area contributed by atoms with Crippen molar-refractivity contribution < 1.29 is 23.7 Å². The average molecular weight is 380 g/mol. The fourth-order valence-corrected chi connectivity index (χ4v) is 4.01. The second-order valence-electron chi connectivity index (χ2n) is 5.27. The Morgan fingerprint density at radius 1 is 1.32 bits per heavy atom. The Kier molecular flexibility index (Phi) is 6.16. The first-order chi connectivity index (χ1) is 11.8. The third-order valence-electron chi connectivity index (χ3n) is 3.16. The largest absolute Gasteiger partial charge is 0.478 e. The van der Waals surface area contributed by atoms with Crippen LogP contribution in [0.4, 0.5) is 5.13 Å². The number of aromatic carboxylic acids is 1. The minimum atomic E-state index is -1.50. The fourth-order valence-electron chi connectivity index (χ4n) is 2.11. The molecule has 0 aliphatic heterocycles. The second-order valence-corrected chi connectivity index (χ2v) is 7.73. The summed E-state index contributed by atoms with van der Waals surface area (Å²) in [6.45, 7) is 3.10. The molecule has 1 unspecified atom stereocenters. The lowest BCUT2D eigenvalue weighted by atomic mass is 10.1. The van der Waals surface area contributed by atoms with Crippen molar-refractivity contribution in [2.24, 2.45) is 0 Å². The van der Waals surface area contributed by atoms with E-state index in [2.05, 4.69) is 10.3 Å². The molecule has 0 spiro atoms. The summed E-state index contributed by atoms with van der Waals surface area (Å²) in [6.07, 6.45) is 0. The Hall–Kier alpha value is -2.39. The molecule has 0 fully saturated rings. The molecule has 0 aliphatic carbocycles. The highest BCUT2D eigenvalue weighted by atomic mass is 32.2. The van der Waals surface area contributed by atoms with Gasteiger partial charge in [-0.1, -0.05) is 23.5 Å². The van der Waals surface area contributed by atoms with E-state index in [1.165, 1.54) is 19.1 Å². The van der Waals surface area contributed by atoms with Crippen LogP contribution < -0.4 is 5.32 Å². The fraction of sp³-hybridized carbons (Fsp3) is 0.250. The molecule has 0 bridgehead atoms. The van der Waals surface area contributed by atoms with Crippen molar-refractivity contribution >= 4 is 44.9 Å². The van der Waals surface area contributed by atoms with Crippen LogP contribution in [0, 0.1) is 6.92 Å². The van der Waals surface area contributed by atoms with Gasteiger partial charge in [-0.2, -0.15) is 0 Å².